The molecule has 5 nitrogen and oxygen atoms in total. The largest absolute Gasteiger partial charge is 0.304 e. The van der Waals surface area contributed by atoms with Gasteiger partial charge in [-0.15, -0.1) is 11.8 Å². The molecule has 3 rings (SSSR count). The Bertz CT molecular complexity index is 650. The fourth-order valence-electron chi connectivity index (χ4n) is 2.46. The normalized spacial score (nSPS) is 16.8. The van der Waals surface area contributed by atoms with Gasteiger partial charge in [-0.3, -0.25) is 15.2 Å². The number of para-hydroxylation sites is 1. The van der Waals surface area contributed by atoms with Gasteiger partial charge in [-0.2, -0.15) is 0 Å². The topological polar surface area (TPSA) is 48.5 Å². The highest BCUT2D eigenvalue weighted by Gasteiger charge is 2.15. The van der Waals surface area contributed by atoms with Gasteiger partial charge in [0.2, 0.25) is 5.91 Å². The van der Waals surface area contributed by atoms with E-state index in [0.29, 0.717) is 5.75 Å². The number of fused-ring (bicyclic) bond motifs is 1. The van der Waals surface area contributed by atoms with E-state index in [1.807, 2.05) is 35.3 Å². The van der Waals surface area contributed by atoms with E-state index in [0.717, 1.165) is 42.0 Å². The van der Waals surface area contributed by atoms with Crippen molar-refractivity contribution >= 4 is 28.6 Å². The molecule has 2 aromatic rings. The SMILES string of the molecule is CN1CCN(NC(=O)CSc2cccc3cccnc23)CC1. The summed E-state index contributed by atoms with van der Waals surface area (Å²) in [7, 11) is 2.10. The summed E-state index contributed by atoms with van der Waals surface area (Å²) in [5.74, 6) is 0.449. The molecule has 22 heavy (non-hydrogen) atoms. The third kappa shape index (κ3) is 3.76. The number of carbonyl (C=O) groups is 1. The highest BCUT2D eigenvalue weighted by atomic mass is 32.2. The van der Waals surface area contributed by atoms with Crippen molar-refractivity contribution in [3.8, 4) is 0 Å². The van der Waals surface area contributed by atoms with E-state index in [-0.39, 0.29) is 5.91 Å². The number of hydrazine groups is 1. The number of likely N-dealkylation sites (N-methyl/N-ethyl adjacent to an activating group) is 1. The number of carbonyl (C=O) groups excluding carboxylic acids is 1. The third-order valence-corrected chi connectivity index (χ3v) is 4.79. The number of piperazine rings is 1. The van der Waals surface area contributed by atoms with Crippen LogP contribution in [0.2, 0.25) is 0 Å². The zero-order valence-corrected chi connectivity index (χ0v) is 13.5. The molecule has 0 atom stereocenters. The number of thioether (sulfide) groups is 1. The predicted molar refractivity (Wildman–Crippen MR) is 89.7 cm³/mol. The molecule has 6 heteroatoms. The maximum absolute atomic E-state index is 12.1. The second-order valence-corrected chi connectivity index (χ2v) is 6.46. The van der Waals surface area contributed by atoms with Gasteiger partial charge < -0.3 is 4.90 Å². The molecule has 0 radical (unpaired) electrons. The van der Waals surface area contributed by atoms with Crippen LogP contribution in [0.25, 0.3) is 10.9 Å². The third-order valence-electron chi connectivity index (χ3n) is 3.74. The first-order chi connectivity index (χ1) is 10.7. The second kappa shape index (κ2) is 7.09. The summed E-state index contributed by atoms with van der Waals surface area (Å²) < 4.78 is 0. The van der Waals surface area contributed by atoms with Crippen LogP contribution in [-0.2, 0) is 4.79 Å². The van der Waals surface area contributed by atoms with E-state index in [4.69, 9.17) is 0 Å². The molecule has 1 aliphatic rings. The summed E-state index contributed by atoms with van der Waals surface area (Å²) in [5.41, 5.74) is 3.94. The minimum absolute atomic E-state index is 0.0440. The molecule has 1 amide bonds. The number of amides is 1. The summed E-state index contributed by atoms with van der Waals surface area (Å²) in [5, 5.41) is 3.11. The van der Waals surface area contributed by atoms with Gasteiger partial charge in [-0.1, -0.05) is 18.2 Å². The molecule has 1 aliphatic heterocycles. The molecule has 0 bridgehead atoms. The van der Waals surface area contributed by atoms with Crippen LogP contribution in [0, 0.1) is 0 Å². The molecule has 0 spiro atoms. The molecule has 116 valence electrons. The van der Waals surface area contributed by atoms with Crippen molar-refractivity contribution in [2.75, 3.05) is 39.0 Å². The Labute approximate surface area is 134 Å². The Morgan fingerprint density at radius 2 is 2.00 bits per heavy atom. The lowest BCUT2D eigenvalue weighted by Crippen LogP contribution is -2.52. The molecule has 1 N–H and O–H groups in total. The average molecular weight is 316 g/mol. The van der Waals surface area contributed by atoms with Crippen LogP contribution < -0.4 is 5.43 Å². The second-order valence-electron chi connectivity index (χ2n) is 5.45. The zero-order valence-electron chi connectivity index (χ0n) is 12.7. The minimum Gasteiger partial charge on any atom is -0.304 e. The van der Waals surface area contributed by atoms with Crippen molar-refractivity contribution in [2.45, 2.75) is 4.90 Å². The van der Waals surface area contributed by atoms with Crippen LogP contribution in [0.3, 0.4) is 0 Å². The number of nitrogens with zero attached hydrogens (tertiary/aromatic N) is 3. The van der Waals surface area contributed by atoms with Crippen molar-refractivity contribution in [1.82, 2.24) is 20.3 Å². The van der Waals surface area contributed by atoms with Gasteiger partial charge in [0, 0.05) is 42.7 Å². The fourth-order valence-corrected chi connectivity index (χ4v) is 3.30. The molecular weight excluding hydrogens is 296 g/mol. The first-order valence-corrected chi connectivity index (χ1v) is 8.40. The first-order valence-electron chi connectivity index (χ1n) is 7.42. The molecule has 1 fully saturated rings. The first kappa shape index (κ1) is 15.3. The predicted octanol–water partition coefficient (Wildman–Crippen LogP) is 1.61. The maximum atomic E-state index is 12.1. The van der Waals surface area contributed by atoms with Crippen LogP contribution in [0.5, 0.6) is 0 Å². The standard InChI is InChI=1S/C16H20N4OS/c1-19-8-10-20(11-9-19)18-15(21)12-22-14-6-2-4-13-5-3-7-17-16(13)14/h2-7H,8-12H2,1H3,(H,18,21). The Morgan fingerprint density at radius 3 is 2.82 bits per heavy atom. The maximum Gasteiger partial charge on any atom is 0.244 e. The lowest BCUT2D eigenvalue weighted by molar-refractivity contribution is -0.124. The van der Waals surface area contributed by atoms with E-state index in [9.17, 15) is 4.79 Å². The van der Waals surface area contributed by atoms with Crippen molar-refractivity contribution in [1.29, 1.82) is 0 Å². The van der Waals surface area contributed by atoms with Gasteiger partial charge >= 0.3 is 0 Å². The average Bonchev–Trinajstić information content (AvgIpc) is 2.55. The van der Waals surface area contributed by atoms with Gasteiger partial charge in [-0.05, 0) is 19.2 Å². The lowest BCUT2D eigenvalue weighted by Gasteiger charge is -2.32. The summed E-state index contributed by atoms with van der Waals surface area (Å²) in [6.45, 7) is 3.73. The summed E-state index contributed by atoms with van der Waals surface area (Å²) >= 11 is 1.54. The van der Waals surface area contributed by atoms with Crippen LogP contribution >= 0.6 is 11.8 Å². The number of hydrogen-bond donors (Lipinski definition) is 1. The van der Waals surface area contributed by atoms with E-state index in [2.05, 4.69) is 22.4 Å². The lowest BCUT2D eigenvalue weighted by atomic mass is 10.2. The van der Waals surface area contributed by atoms with Crippen LogP contribution in [0.15, 0.2) is 41.4 Å². The highest BCUT2D eigenvalue weighted by Crippen LogP contribution is 2.25. The molecule has 0 saturated carbocycles. The Balaban J connectivity index is 1.56. The smallest absolute Gasteiger partial charge is 0.244 e. The summed E-state index contributed by atoms with van der Waals surface area (Å²) in [6, 6.07) is 10.0. The van der Waals surface area contributed by atoms with Gasteiger partial charge in [0.15, 0.2) is 0 Å². The van der Waals surface area contributed by atoms with Crippen LogP contribution in [0.1, 0.15) is 0 Å². The molecule has 1 saturated heterocycles. The van der Waals surface area contributed by atoms with Gasteiger partial charge in [0.05, 0.1) is 11.3 Å². The number of rotatable bonds is 4. The fraction of sp³-hybridized carbons (Fsp3) is 0.375. The Kier molecular flexibility index (Phi) is 4.92. The Hall–Kier alpha value is -1.63. The van der Waals surface area contributed by atoms with Crippen LogP contribution in [0.4, 0.5) is 0 Å². The number of pyridine rings is 1. The number of aromatic nitrogens is 1. The molecule has 0 unspecified atom stereocenters. The van der Waals surface area contributed by atoms with Crippen molar-refractivity contribution in [3.05, 3.63) is 36.5 Å². The minimum atomic E-state index is 0.0440. The zero-order chi connectivity index (χ0) is 15.4. The van der Waals surface area contributed by atoms with Crippen molar-refractivity contribution in [2.24, 2.45) is 0 Å². The van der Waals surface area contributed by atoms with Gasteiger partial charge in [-0.25, -0.2) is 5.01 Å². The molecule has 1 aromatic carbocycles. The quantitative estimate of drug-likeness (QED) is 0.869. The van der Waals surface area contributed by atoms with E-state index in [1.165, 1.54) is 11.8 Å². The van der Waals surface area contributed by atoms with E-state index in [1.54, 1.807) is 6.20 Å². The Morgan fingerprint density at radius 1 is 1.23 bits per heavy atom. The van der Waals surface area contributed by atoms with Crippen molar-refractivity contribution in [3.63, 3.8) is 0 Å². The highest BCUT2D eigenvalue weighted by molar-refractivity contribution is 8.00. The molecule has 0 aliphatic carbocycles. The monoisotopic (exact) mass is 316 g/mol. The number of hydrogen-bond acceptors (Lipinski definition) is 5. The summed E-state index contributed by atoms with van der Waals surface area (Å²) in [6.07, 6.45) is 1.79. The molecule has 2 heterocycles. The summed E-state index contributed by atoms with van der Waals surface area (Å²) in [4.78, 5) is 19.8. The van der Waals surface area contributed by atoms with Gasteiger partial charge in [0.1, 0.15) is 0 Å². The molecular formula is C16H20N4OS. The van der Waals surface area contributed by atoms with Gasteiger partial charge in [0.25, 0.3) is 0 Å². The van der Waals surface area contributed by atoms with E-state index >= 15 is 0 Å². The van der Waals surface area contributed by atoms with Crippen LogP contribution in [-0.4, -0.2) is 59.8 Å². The van der Waals surface area contributed by atoms with E-state index < -0.39 is 0 Å². The van der Waals surface area contributed by atoms with Crippen molar-refractivity contribution < 1.29 is 4.79 Å². The molecule has 1 aromatic heterocycles. The number of benzene rings is 1. The number of nitrogens with one attached hydrogen (secondary N) is 1.